The lowest BCUT2D eigenvalue weighted by Gasteiger charge is -2.08. The molecule has 0 unspecified atom stereocenters. The van der Waals surface area contributed by atoms with Crippen LogP contribution in [0.2, 0.25) is 0 Å². The molecule has 0 spiro atoms. The van der Waals surface area contributed by atoms with Gasteiger partial charge in [0.2, 0.25) is 5.91 Å². The molecule has 0 aliphatic carbocycles. The summed E-state index contributed by atoms with van der Waals surface area (Å²) in [5.74, 6) is -0.553. The van der Waals surface area contributed by atoms with Gasteiger partial charge in [0.25, 0.3) is 5.56 Å². The van der Waals surface area contributed by atoms with Gasteiger partial charge < -0.3 is 5.32 Å². The standard InChI is InChI=1S/C20H17BrFN3O2/c21-15-5-3-14(4-6-15)18-11-12-20(27)25(24-18)13-1-2-19(26)23-17-9-7-16(22)8-10-17/h3-12H,1-2,13H2,(H,23,26). The third kappa shape index (κ3) is 5.34. The van der Waals surface area contributed by atoms with Crippen LogP contribution in [-0.2, 0) is 11.3 Å². The monoisotopic (exact) mass is 429 g/mol. The van der Waals surface area contributed by atoms with Gasteiger partial charge in [-0.2, -0.15) is 5.10 Å². The summed E-state index contributed by atoms with van der Waals surface area (Å²) in [5, 5.41) is 7.07. The molecule has 0 radical (unpaired) electrons. The predicted octanol–water partition coefficient (Wildman–Crippen LogP) is 4.23. The first kappa shape index (κ1) is 19.0. The summed E-state index contributed by atoms with van der Waals surface area (Å²) in [6, 6.07) is 16.4. The number of aryl methyl sites for hydroxylation is 1. The minimum atomic E-state index is -0.357. The maximum Gasteiger partial charge on any atom is 0.266 e. The van der Waals surface area contributed by atoms with Gasteiger partial charge in [0.05, 0.1) is 5.69 Å². The predicted molar refractivity (Wildman–Crippen MR) is 106 cm³/mol. The Morgan fingerprint density at radius 2 is 1.74 bits per heavy atom. The SMILES string of the molecule is O=C(CCCn1nc(-c2ccc(Br)cc2)ccc1=O)Nc1ccc(F)cc1. The van der Waals surface area contributed by atoms with Crippen LogP contribution in [0.4, 0.5) is 10.1 Å². The summed E-state index contributed by atoms with van der Waals surface area (Å²) in [6.45, 7) is 0.333. The number of halogens is 2. The van der Waals surface area contributed by atoms with Gasteiger partial charge in [0.15, 0.2) is 0 Å². The van der Waals surface area contributed by atoms with E-state index in [2.05, 4.69) is 26.3 Å². The molecule has 0 fully saturated rings. The fourth-order valence-electron chi connectivity index (χ4n) is 2.53. The van der Waals surface area contributed by atoms with Crippen molar-refractivity contribution in [1.82, 2.24) is 9.78 Å². The largest absolute Gasteiger partial charge is 0.326 e. The third-order valence-electron chi connectivity index (χ3n) is 3.91. The highest BCUT2D eigenvalue weighted by atomic mass is 79.9. The Bertz CT molecular complexity index is 985. The number of nitrogens with zero attached hydrogens (tertiary/aromatic N) is 2. The number of nitrogens with one attached hydrogen (secondary N) is 1. The molecule has 1 heterocycles. The molecule has 1 amide bonds. The zero-order chi connectivity index (χ0) is 19.2. The maximum atomic E-state index is 12.9. The van der Waals surface area contributed by atoms with Crippen LogP contribution >= 0.6 is 15.9 Å². The van der Waals surface area contributed by atoms with Crippen molar-refractivity contribution >= 4 is 27.5 Å². The van der Waals surface area contributed by atoms with E-state index in [9.17, 15) is 14.0 Å². The summed E-state index contributed by atoms with van der Waals surface area (Å²) in [7, 11) is 0. The number of hydrogen-bond donors (Lipinski definition) is 1. The number of rotatable bonds is 6. The van der Waals surface area contributed by atoms with E-state index in [1.807, 2.05) is 24.3 Å². The lowest BCUT2D eigenvalue weighted by molar-refractivity contribution is -0.116. The van der Waals surface area contributed by atoms with Gasteiger partial charge in [-0.25, -0.2) is 9.07 Å². The number of carbonyl (C=O) groups is 1. The second-order valence-electron chi connectivity index (χ2n) is 5.95. The van der Waals surface area contributed by atoms with Gasteiger partial charge in [0, 0.05) is 34.8 Å². The molecular weight excluding hydrogens is 413 g/mol. The molecule has 0 aliphatic heterocycles. The highest BCUT2D eigenvalue weighted by molar-refractivity contribution is 9.10. The minimum Gasteiger partial charge on any atom is -0.326 e. The molecule has 27 heavy (non-hydrogen) atoms. The van der Waals surface area contributed by atoms with Crippen LogP contribution in [0.25, 0.3) is 11.3 Å². The first-order valence-corrected chi connectivity index (χ1v) is 9.20. The number of amides is 1. The van der Waals surface area contributed by atoms with Crippen LogP contribution in [0.15, 0.2) is 69.9 Å². The Morgan fingerprint density at radius 1 is 1.04 bits per heavy atom. The topological polar surface area (TPSA) is 64.0 Å². The number of hydrogen-bond acceptors (Lipinski definition) is 3. The summed E-state index contributed by atoms with van der Waals surface area (Å²) in [6.07, 6.45) is 0.692. The van der Waals surface area contributed by atoms with E-state index < -0.39 is 0 Å². The number of carbonyl (C=O) groups excluding carboxylic acids is 1. The molecule has 0 saturated carbocycles. The van der Waals surface area contributed by atoms with Crippen LogP contribution in [0.5, 0.6) is 0 Å². The smallest absolute Gasteiger partial charge is 0.266 e. The van der Waals surface area contributed by atoms with E-state index in [1.54, 1.807) is 6.07 Å². The van der Waals surface area contributed by atoms with Gasteiger partial charge in [0.1, 0.15) is 5.82 Å². The van der Waals surface area contributed by atoms with Gasteiger partial charge >= 0.3 is 0 Å². The molecule has 0 bridgehead atoms. The molecule has 138 valence electrons. The van der Waals surface area contributed by atoms with E-state index in [0.717, 1.165) is 10.0 Å². The average molecular weight is 430 g/mol. The van der Waals surface area contributed by atoms with Crippen LogP contribution < -0.4 is 10.9 Å². The first-order chi connectivity index (χ1) is 13.0. The molecule has 0 atom stereocenters. The van der Waals surface area contributed by atoms with Crippen molar-refractivity contribution < 1.29 is 9.18 Å². The quantitative estimate of drug-likeness (QED) is 0.637. The van der Waals surface area contributed by atoms with Crippen LogP contribution in [0, 0.1) is 5.82 Å². The summed E-state index contributed by atoms with van der Waals surface area (Å²) in [4.78, 5) is 24.0. The van der Waals surface area contributed by atoms with E-state index in [1.165, 1.54) is 35.0 Å². The van der Waals surface area contributed by atoms with Gasteiger partial charge in [-0.15, -0.1) is 0 Å². The number of aromatic nitrogens is 2. The summed E-state index contributed by atoms with van der Waals surface area (Å²) < 4.78 is 15.2. The van der Waals surface area contributed by atoms with E-state index in [-0.39, 0.29) is 23.7 Å². The van der Waals surface area contributed by atoms with Gasteiger partial charge in [-0.3, -0.25) is 9.59 Å². The fourth-order valence-corrected chi connectivity index (χ4v) is 2.79. The average Bonchev–Trinajstić information content (AvgIpc) is 2.66. The Labute approximate surface area is 164 Å². The first-order valence-electron chi connectivity index (χ1n) is 8.41. The highest BCUT2D eigenvalue weighted by Gasteiger charge is 2.06. The zero-order valence-corrected chi connectivity index (χ0v) is 15.9. The zero-order valence-electron chi connectivity index (χ0n) is 14.4. The van der Waals surface area contributed by atoms with Crippen molar-refractivity contribution in [2.45, 2.75) is 19.4 Å². The fraction of sp³-hybridized carbons (Fsp3) is 0.150. The van der Waals surface area contributed by atoms with Crippen LogP contribution in [-0.4, -0.2) is 15.7 Å². The molecule has 1 N–H and O–H groups in total. The Balaban J connectivity index is 1.59. The highest BCUT2D eigenvalue weighted by Crippen LogP contribution is 2.18. The molecule has 3 rings (SSSR count). The molecule has 1 aromatic heterocycles. The van der Waals surface area contributed by atoms with Crippen LogP contribution in [0.1, 0.15) is 12.8 Å². The molecule has 0 aliphatic rings. The van der Waals surface area contributed by atoms with Crippen molar-refractivity contribution in [3.63, 3.8) is 0 Å². The van der Waals surface area contributed by atoms with Crippen molar-refractivity contribution in [1.29, 1.82) is 0 Å². The summed E-state index contributed by atoms with van der Waals surface area (Å²) in [5.41, 5.74) is 1.92. The molecule has 0 saturated heterocycles. The molecule has 2 aromatic carbocycles. The van der Waals surface area contributed by atoms with Gasteiger partial charge in [-0.1, -0.05) is 28.1 Å². The minimum absolute atomic E-state index is 0.196. The number of anilines is 1. The lowest BCUT2D eigenvalue weighted by Crippen LogP contribution is -2.23. The Morgan fingerprint density at radius 3 is 2.44 bits per heavy atom. The summed E-state index contributed by atoms with van der Waals surface area (Å²) >= 11 is 3.39. The van der Waals surface area contributed by atoms with Crippen LogP contribution in [0.3, 0.4) is 0 Å². The van der Waals surface area contributed by atoms with E-state index >= 15 is 0 Å². The maximum absolute atomic E-state index is 12.9. The molecule has 3 aromatic rings. The molecule has 5 nitrogen and oxygen atoms in total. The third-order valence-corrected chi connectivity index (χ3v) is 4.44. The van der Waals surface area contributed by atoms with Crippen molar-refractivity contribution in [3.05, 3.63) is 81.3 Å². The second-order valence-corrected chi connectivity index (χ2v) is 6.86. The molecular formula is C20H17BrFN3O2. The van der Waals surface area contributed by atoms with E-state index in [4.69, 9.17) is 0 Å². The van der Waals surface area contributed by atoms with Gasteiger partial charge in [-0.05, 0) is 48.9 Å². The normalized spacial score (nSPS) is 10.6. The second kappa shape index (κ2) is 8.73. The molecule has 7 heteroatoms. The van der Waals surface area contributed by atoms with Crippen molar-refractivity contribution in [3.8, 4) is 11.3 Å². The van der Waals surface area contributed by atoms with E-state index in [0.29, 0.717) is 24.3 Å². The number of benzene rings is 2. The Kier molecular flexibility index (Phi) is 6.13. The Hall–Kier alpha value is -2.80. The van der Waals surface area contributed by atoms with Crippen molar-refractivity contribution in [2.24, 2.45) is 0 Å². The van der Waals surface area contributed by atoms with Crippen molar-refractivity contribution in [2.75, 3.05) is 5.32 Å². The lowest BCUT2D eigenvalue weighted by atomic mass is 10.1.